The number of nitrogens with zero attached hydrogens (tertiary/aromatic N) is 1. The molecule has 126 valence electrons. The highest BCUT2D eigenvalue weighted by molar-refractivity contribution is 6.30. The van der Waals surface area contributed by atoms with E-state index in [9.17, 15) is 9.59 Å². The number of hydrogen-bond donors (Lipinski definition) is 3. The van der Waals surface area contributed by atoms with Crippen LogP contribution in [-0.2, 0) is 6.54 Å². The maximum atomic E-state index is 12.3. The van der Waals surface area contributed by atoms with Crippen molar-refractivity contribution in [2.75, 3.05) is 5.73 Å². The summed E-state index contributed by atoms with van der Waals surface area (Å²) in [5.41, 5.74) is 7.83. The third kappa shape index (κ3) is 4.05. The number of rotatable bonds is 4. The van der Waals surface area contributed by atoms with Crippen molar-refractivity contribution >= 4 is 23.2 Å². The molecule has 0 atom stereocenters. The molecule has 0 fully saturated rings. The van der Waals surface area contributed by atoms with Gasteiger partial charge in [0.2, 0.25) is 0 Å². The van der Waals surface area contributed by atoms with E-state index in [4.69, 9.17) is 17.3 Å². The van der Waals surface area contributed by atoms with Gasteiger partial charge in [0.1, 0.15) is 5.56 Å². The molecule has 25 heavy (non-hydrogen) atoms. The van der Waals surface area contributed by atoms with Gasteiger partial charge in [-0.25, -0.2) is 5.10 Å². The zero-order valence-electron chi connectivity index (χ0n) is 13.1. The summed E-state index contributed by atoms with van der Waals surface area (Å²) in [6.45, 7) is 0.287. The van der Waals surface area contributed by atoms with Crippen molar-refractivity contribution < 1.29 is 4.79 Å². The summed E-state index contributed by atoms with van der Waals surface area (Å²) in [6, 6.07) is 15.5. The van der Waals surface area contributed by atoms with Gasteiger partial charge in [0, 0.05) is 22.8 Å². The predicted octanol–water partition coefficient (Wildman–Crippen LogP) is 2.60. The van der Waals surface area contributed by atoms with Gasteiger partial charge in [-0.3, -0.25) is 9.59 Å². The van der Waals surface area contributed by atoms with Gasteiger partial charge in [-0.2, -0.15) is 5.10 Å². The molecule has 3 rings (SSSR count). The van der Waals surface area contributed by atoms with Crippen molar-refractivity contribution in [2.24, 2.45) is 0 Å². The van der Waals surface area contributed by atoms with E-state index in [0.717, 1.165) is 11.1 Å². The molecule has 0 unspecified atom stereocenters. The van der Waals surface area contributed by atoms with Crippen LogP contribution in [0.25, 0.3) is 11.3 Å². The standard InChI is InChI=1S/C18H15ClN4O2/c19-13-5-1-11(2-6-13)10-21-17(24)15-9-16(22-23-18(15)25)12-3-7-14(20)8-4-12/h1-9H,10,20H2,(H,21,24)(H,23,25). The van der Waals surface area contributed by atoms with E-state index in [2.05, 4.69) is 15.5 Å². The van der Waals surface area contributed by atoms with E-state index in [-0.39, 0.29) is 12.1 Å². The third-order valence-electron chi connectivity index (χ3n) is 3.62. The minimum Gasteiger partial charge on any atom is -0.399 e. The van der Waals surface area contributed by atoms with Crippen LogP contribution in [0.3, 0.4) is 0 Å². The second kappa shape index (κ2) is 7.19. The zero-order valence-corrected chi connectivity index (χ0v) is 13.9. The molecule has 0 saturated heterocycles. The first-order valence-corrected chi connectivity index (χ1v) is 7.89. The summed E-state index contributed by atoms with van der Waals surface area (Å²) >= 11 is 5.83. The molecule has 2 aromatic carbocycles. The van der Waals surface area contributed by atoms with E-state index >= 15 is 0 Å². The van der Waals surface area contributed by atoms with Gasteiger partial charge >= 0.3 is 0 Å². The number of nitrogens with one attached hydrogen (secondary N) is 2. The van der Waals surface area contributed by atoms with Gasteiger partial charge in [-0.15, -0.1) is 0 Å². The first-order valence-electron chi connectivity index (χ1n) is 7.51. The molecule has 0 aliphatic rings. The number of hydrogen-bond acceptors (Lipinski definition) is 4. The van der Waals surface area contributed by atoms with Crippen LogP contribution in [-0.4, -0.2) is 16.1 Å². The highest BCUT2D eigenvalue weighted by atomic mass is 35.5. The number of anilines is 1. The van der Waals surface area contributed by atoms with Gasteiger partial charge in [-0.1, -0.05) is 35.9 Å². The predicted molar refractivity (Wildman–Crippen MR) is 97.3 cm³/mol. The fourth-order valence-electron chi connectivity index (χ4n) is 2.26. The van der Waals surface area contributed by atoms with Crippen LogP contribution < -0.4 is 16.6 Å². The SMILES string of the molecule is Nc1ccc(-c2cc(C(=O)NCc3ccc(Cl)cc3)c(=O)[nH]n2)cc1. The summed E-state index contributed by atoms with van der Waals surface area (Å²) in [7, 11) is 0. The Kier molecular flexibility index (Phi) is 4.81. The molecule has 0 spiro atoms. The monoisotopic (exact) mass is 354 g/mol. The number of aromatic amines is 1. The fourth-order valence-corrected chi connectivity index (χ4v) is 2.38. The summed E-state index contributed by atoms with van der Waals surface area (Å²) in [6.07, 6.45) is 0. The van der Waals surface area contributed by atoms with Crippen molar-refractivity contribution in [3.8, 4) is 11.3 Å². The lowest BCUT2D eigenvalue weighted by molar-refractivity contribution is 0.0949. The summed E-state index contributed by atoms with van der Waals surface area (Å²) in [4.78, 5) is 24.3. The lowest BCUT2D eigenvalue weighted by Crippen LogP contribution is -2.29. The van der Waals surface area contributed by atoms with E-state index in [1.165, 1.54) is 6.07 Å². The highest BCUT2D eigenvalue weighted by Crippen LogP contribution is 2.17. The molecule has 1 amide bonds. The fraction of sp³-hybridized carbons (Fsp3) is 0.0556. The molecule has 0 aliphatic carbocycles. The van der Waals surface area contributed by atoms with Gasteiger partial charge < -0.3 is 11.1 Å². The van der Waals surface area contributed by atoms with Crippen LogP contribution in [0.5, 0.6) is 0 Å². The maximum absolute atomic E-state index is 12.3. The smallest absolute Gasteiger partial charge is 0.277 e. The molecule has 0 saturated carbocycles. The lowest BCUT2D eigenvalue weighted by atomic mass is 10.1. The molecule has 1 aromatic heterocycles. The van der Waals surface area contributed by atoms with Crippen molar-refractivity contribution in [2.45, 2.75) is 6.54 Å². The average Bonchev–Trinajstić information content (AvgIpc) is 2.62. The Balaban J connectivity index is 1.79. The Bertz CT molecular complexity index is 950. The largest absolute Gasteiger partial charge is 0.399 e. The molecule has 4 N–H and O–H groups in total. The van der Waals surface area contributed by atoms with Crippen LogP contribution in [0.2, 0.25) is 5.02 Å². The normalized spacial score (nSPS) is 10.4. The summed E-state index contributed by atoms with van der Waals surface area (Å²) < 4.78 is 0. The number of carbonyl (C=O) groups is 1. The van der Waals surface area contributed by atoms with E-state index in [1.807, 2.05) is 0 Å². The second-order valence-electron chi connectivity index (χ2n) is 5.43. The van der Waals surface area contributed by atoms with Crippen LogP contribution in [0.1, 0.15) is 15.9 Å². The first-order chi connectivity index (χ1) is 12.0. The lowest BCUT2D eigenvalue weighted by Gasteiger charge is -2.07. The van der Waals surface area contributed by atoms with Gasteiger partial charge in [0.15, 0.2) is 0 Å². The third-order valence-corrected chi connectivity index (χ3v) is 3.87. The van der Waals surface area contributed by atoms with Gasteiger partial charge in [-0.05, 0) is 35.9 Å². The average molecular weight is 355 g/mol. The maximum Gasteiger partial charge on any atom is 0.277 e. The number of benzene rings is 2. The van der Waals surface area contributed by atoms with E-state index < -0.39 is 11.5 Å². The second-order valence-corrected chi connectivity index (χ2v) is 5.86. The number of aromatic nitrogens is 2. The molecule has 6 nitrogen and oxygen atoms in total. The first kappa shape index (κ1) is 16.7. The van der Waals surface area contributed by atoms with E-state index in [1.54, 1.807) is 48.5 Å². The molecule has 1 heterocycles. The minimum atomic E-state index is -0.548. The van der Waals surface area contributed by atoms with Gasteiger partial charge in [0.25, 0.3) is 11.5 Å². The quantitative estimate of drug-likeness (QED) is 0.627. The topological polar surface area (TPSA) is 101 Å². The molecule has 0 radical (unpaired) electrons. The van der Waals surface area contributed by atoms with Crippen LogP contribution in [0, 0.1) is 0 Å². The Morgan fingerprint density at radius 2 is 1.80 bits per heavy atom. The van der Waals surface area contributed by atoms with Gasteiger partial charge in [0.05, 0.1) is 5.69 Å². The molecular formula is C18H15ClN4O2. The Labute approximate surface area is 148 Å². The Morgan fingerprint density at radius 3 is 2.48 bits per heavy atom. The van der Waals surface area contributed by atoms with Crippen molar-refractivity contribution in [1.82, 2.24) is 15.5 Å². The van der Waals surface area contributed by atoms with E-state index in [0.29, 0.717) is 16.4 Å². The van der Waals surface area contributed by atoms with Crippen molar-refractivity contribution in [1.29, 1.82) is 0 Å². The Hall–Kier alpha value is -3.12. The summed E-state index contributed by atoms with van der Waals surface area (Å²) in [5.74, 6) is -0.477. The summed E-state index contributed by atoms with van der Waals surface area (Å²) in [5, 5.41) is 9.66. The number of amides is 1. The Morgan fingerprint density at radius 1 is 1.12 bits per heavy atom. The molecule has 7 heteroatoms. The molecular weight excluding hydrogens is 340 g/mol. The number of nitrogens with two attached hydrogens (primary N) is 1. The van der Waals surface area contributed by atoms with Crippen LogP contribution >= 0.6 is 11.6 Å². The van der Waals surface area contributed by atoms with Crippen molar-refractivity contribution in [3.05, 3.63) is 81.1 Å². The highest BCUT2D eigenvalue weighted by Gasteiger charge is 2.13. The van der Waals surface area contributed by atoms with Crippen molar-refractivity contribution in [3.63, 3.8) is 0 Å². The number of carbonyl (C=O) groups excluding carboxylic acids is 1. The minimum absolute atomic E-state index is 0.00390. The number of halogens is 1. The zero-order chi connectivity index (χ0) is 17.8. The van der Waals surface area contributed by atoms with Crippen LogP contribution in [0.15, 0.2) is 59.4 Å². The molecule has 3 aromatic rings. The number of H-pyrrole nitrogens is 1. The molecule has 0 bridgehead atoms. The van der Waals surface area contributed by atoms with Crippen LogP contribution in [0.4, 0.5) is 5.69 Å². The molecule has 0 aliphatic heterocycles. The number of nitrogen functional groups attached to an aromatic ring is 1.